The van der Waals surface area contributed by atoms with Gasteiger partial charge in [-0.1, -0.05) is 26.0 Å². The Labute approximate surface area is 63.8 Å². The molecule has 0 saturated carbocycles. The minimum absolute atomic E-state index is 0.312. The minimum Gasteiger partial charge on any atom is -0.396 e. The average molecular weight is 142 g/mol. The molecule has 0 fully saturated rings. The molecule has 0 aromatic heterocycles. The van der Waals surface area contributed by atoms with Gasteiger partial charge in [-0.3, -0.25) is 0 Å². The molecule has 0 aromatic carbocycles. The zero-order valence-electron chi connectivity index (χ0n) is 7.01. The summed E-state index contributed by atoms with van der Waals surface area (Å²) in [4.78, 5) is 0. The molecule has 0 saturated heterocycles. The lowest BCUT2D eigenvalue weighted by molar-refractivity contribution is 0.289. The Hall–Kier alpha value is -0.300. The summed E-state index contributed by atoms with van der Waals surface area (Å²) in [6.07, 6.45) is 7.42. The van der Waals surface area contributed by atoms with Crippen LogP contribution in [0.4, 0.5) is 0 Å². The Balaban J connectivity index is 3.04. The van der Waals surface area contributed by atoms with E-state index in [9.17, 15) is 0 Å². The topological polar surface area (TPSA) is 20.2 Å². The van der Waals surface area contributed by atoms with Crippen LogP contribution in [0, 0.1) is 5.92 Å². The molecule has 1 nitrogen and oxygen atoms in total. The quantitative estimate of drug-likeness (QED) is 0.461. The van der Waals surface area contributed by atoms with E-state index in [1.165, 1.54) is 0 Å². The highest BCUT2D eigenvalue weighted by Crippen LogP contribution is 2.00. The summed E-state index contributed by atoms with van der Waals surface area (Å²) in [5, 5.41) is 8.44. The second kappa shape index (κ2) is 6.81. The van der Waals surface area contributed by atoms with Gasteiger partial charge in [0.05, 0.1) is 0 Å². The highest BCUT2D eigenvalue weighted by atomic mass is 16.2. The third-order valence-corrected chi connectivity index (χ3v) is 1.30. The normalized spacial score (nSPS) is 11.6. The van der Waals surface area contributed by atoms with Gasteiger partial charge < -0.3 is 5.11 Å². The van der Waals surface area contributed by atoms with Crippen molar-refractivity contribution in [1.29, 1.82) is 0 Å². The van der Waals surface area contributed by atoms with Crippen molar-refractivity contribution >= 4 is 0 Å². The molecule has 60 valence electrons. The van der Waals surface area contributed by atoms with E-state index >= 15 is 0 Å². The van der Waals surface area contributed by atoms with Gasteiger partial charge in [-0.2, -0.15) is 0 Å². The summed E-state index contributed by atoms with van der Waals surface area (Å²) < 4.78 is 0. The van der Waals surface area contributed by atoms with E-state index in [1.54, 1.807) is 0 Å². The van der Waals surface area contributed by atoms with Crippen LogP contribution in [0.2, 0.25) is 0 Å². The van der Waals surface area contributed by atoms with E-state index < -0.39 is 0 Å². The van der Waals surface area contributed by atoms with Crippen LogP contribution in [-0.2, 0) is 0 Å². The standard InChI is InChI=1S/C9H18O/c1-9(2)7-5-3-4-6-8-10/h3,5,9-10H,4,6-8H2,1-2H3/b5-3+. The Morgan fingerprint density at radius 1 is 1.30 bits per heavy atom. The lowest BCUT2D eigenvalue weighted by atomic mass is 10.1. The molecule has 0 bridgehead atoms. The van der Waals surface area contributed by atoms with Gasteiger partial charge in [0.25, 0.3) is 0 Å². The molecule has 0 heterocycles. The Bertz CT molecular complexity index is 84.7. The smallest absolute Gasteiger partial charge is 0.0433 e. The molecule has 0 aromatic rings. The monoisotopic (exact) mass is 142 g/mol. The molecular weight excluding hydrogens is 124 g/mol. The summed E-state index contributed by atoms with van der Waals surface area (Å²) >= 11 is 0. The van der Waals surface area contributed by atoms with Crippen LogP contribution in [0.15, 0.2) is 12.2 Å². The van der Waals surface area contributed by atoms with Crippen LogP contribution in [0.25, 0.3) is 0 Å². The summed E-state index contributed by atoms with van der Waals surface area (Å²) in [6, 6.07) is 0. The summed E-state index contributed by atoms with van der Waals surface area (Å²) in [5.74, 6) is 0.755. The van der Waals surface area contributed by atoms with E-state index in [1.807, 2.05) is 0 Å². The maximum absolute atomic E-state index is 8.44. The SMILES string of the molecule is CC(C)C/C=C/CCCO. The van der Waals surface area contributed by atoms with Crippen molar-refractivity contribution in [1.82, 2.24) is 0 Å². The van der Waals surface area contributed by atoms with Crippen LogP contribution in [0.5, 0.6) is 0 Å². The molecule has 1 heteroatoms. The van der Waals surface area contributed by atoms with Gasteiger partial charge in [0.15, 0.2) is 0 Å². The van der Waals surface area contributed by atoms with Crippen molar-refractivity contribution in [3.05, 3.63) is 12.2 Å². The van der Waals surface area contributed by atoms with E-state index in [4.69, 9.17) is 5.11 Å². The number of hydrogen-bond acceptors (Lipinski definition) is 1. The number of aliphatic hydroxyl groups excluding tert-OH is 1. The first-order chi connectivity index (χ1) is 4.77. The predicted octanol–water partition coefficient (Wildman–Crippen LogP) is 2.36. The molecule has 0 aliphatic heterocycles. The van der Waals surface area contributed by atoms with E-state index in [0.717, 1.165) is 25.2 Å². The highest BCUT2D eigenvalue weighted by molar-refractivity contribution is 4.82. The molecular formula is C9H18O. The fourth-order valence-electron chi connectivity index (χ4n) is 0.695. The molecule has 0 amide bonds. The Kier molecular flexibility index (Phi) is 6.61. The first-order valence-electron chi connectivity index (χ1n) is 4.03. The van der Waals surface area contributed by atoms with E-state index in [-0.39, 0.29) is 0 Å². The minimum atomic E-state index is 0.312. The van der Waals surface area contributed by atoms with Crippen LogP contribution in [-0.4, -0.2) is 11.7 Å². The number of hydrogen-bond donors (Lipinski definition) is 1. The van der Waals surface area contributed by atoms with Crippen molar-refractivity contribution in [2.24, 2.45) is 5.92 Å². The maximum atomic E-state index is 8.44. The molecule has 0 radical (unpaired) electrons. The summed E-state index contributed by atoms with van der Waals surface area (Å²) in [7, 11) is 0. The maximum Gasteiger partial charge on any atom is 0.0433 e. The van der Waals surface area contributed by atoms with Crippen LogP contribution < -0.4 is 0 Å². The first-order valence-corrected chi connectivity index (χ1v) is 4.03. The van der Waals surface area contributed by atoms with Gasteiger partial charge in [-0.25, -0.2) is 0 Å². The molecule has 0 rings (SSSR count). The van der Waals surface area contributed by atoms with Crippen molar-refractivity contribution < 1.29 is 5.11 Å². The lowest BCUT2D eigenvalue weighted by Crippen LogP contribution is -1.82. The summed E-state index contributed by atoms with van der Waals surface area (Å²) in [6.45, 7) is 4.72. The third-order valence-electron chi connectivity index (χ3n) is 1.30. The van der Waals surface area contributed by atoms with Crippen LogP contribution in [0.1, 0.15) is 33.1 Å². The van der Waals surface area contributed by atoms with Gasteiger partial charge in [0.1, 0.15) is 0 Å². The fraction of sp³-hybridized carbons (Fsp3) is 0.778. The Morgan fingerprint density at radius 3 is 2.50 bits per heavy atom. The zero-order valence-corrected chi connectivity index (χ0v) is 7.01. The van der Waals surface area contributed by atoms with Crippen LogP contribution >= 0.6 is 0 Å². The van der Waals surface area contributed by atoms with Crippen molar-refractivity contribution in [2.75, 3.05) is 6.61 Å². The average Bonchev–Trinajstić information content (AvgIpc) is 1.87. The molecule has 0 aliphatic rings. The fourth-order valence-corrected chi connectivity index (χ4v) is 0.695. The van der Waals surface area contributed by atoms with E-state index in [0.29, 0.717) is 6.61 Å². The molecule has 0 spiro atoms. The largest absolute Gasteiger partial charge is 0.396 e. The van der Waals surface area contributed by atoms with Gasteiger partial charge in [0.2, 0.25) is 0 Å². The number of unbranched alkanes of at least 4 members (excludes halogenated alkanes) is 1. The number of aliphatic hydroxyl groups is 1. The highest BCUT2D eigenvalue weighted by Gasteiger charge is 1.86. The molecule has 1 N–H and O–H groups in total. The molecule has 10 heavy (non-hydrogen) atoms. The van der Waals surface area contributed by atoms with Gasteiger partial charge in [0, 0.05) is 6.61 Å². The van der Waals surface area contributed by atoms with Gasteiger partial charge in [-0.05, 0) is 25.2 Å². The second-order valence-electron chi connectivity index (χ2n) is 2.97. The predicted molar refractivity (Wildman–Crippen MR) is 44.9 cm³/mol. The molecule has 0 aliphatic carbocycles. The second-order valence-corrected chi connectivity index (χ2v) is 2.97. The summed E-state index contributed by atoms with van der Waals surface area (Å²) in [5.41, 5.74) is 0. The van der Waals surface area contributed by atoms with Crippen molar-refractivity contribution in [3.8, 4) is 0 Å². The number of allylic oxidation sites excluding steroid dienone is 2. The van der Waals surface area contributed by atoms with Gasteiger partial charge >= 0.3 is 0 Å². The Morgan fingerprint density at radius 2 is 2.00 bits per heavy atom. The zero-order chi connectivity index (χ0) is 7.82. The van der Waals surface area contributed by atoms with E-state index in [2.05, 4.69) is 26.0 Å². The third kappa shape index (κ3) is 7.70. The molecule has 0 atom stereocenters. The molecule has 0 unspecified atom stereocenters. The van der Waals surface area contributed by atoms with Gasteiger partial charge in [-0.15, -0.1) is 0 Å². The van der Waals surface area contributed by atoms with Crippen molar-refractivity contribution in [3.63, 3.8) is 0 Å². The van der Waals surface area contributed by atoms with Crippen molar-refractivity contribution in [2.45, 2.75) is 33.1 Å². The van der Waals surface area contributed by atoms with Crippen LogP contribution in [0.3, 0.4) is 0 Å². The number of rotatable bonds is 5. The first kappa shape index (κ1) is 9.70. The lowest BCUT2D eigenvalue weighted by Gasteiger charge is -1.95.